The third kappa shape index (κ3) is 2.66. The van der Waals surface area contributed by atoms with Crippen LogP contribution in [-0.4, -0.2) is 48.1 Å². The van der Waals surface area contributed by atoms with E-state index in [2.05, 4.69) is 15.9 Å². The van der Waals surface area contributed by atoms with Crippen molar-refractivity contribution < 1.29 is 0 Å². The van der Waals surface area contributed by atoms with E-state index in [1.165, 1.54) is 32.2 Å². The molecule has 1 heterocycles. The molecule has 19 heavy (non-hydrogen) atoms. The van der Waals surface area contributed by atoms with Crippen molar-refractivity contribution in [2.45, 2.75) is 45.1 Å². The van der Waals surface area contributed by atoms with E-state index >= 15 is 0 Å². The van der Waals surface area contributed by atoms with Gasteiger partial charge in [0.05, 0.1) is 6.07 Å². The van der Waals surface area contributed by atoms with Crippen LogP contribution in [0.2, 0.25) is 0 Å². The summed E-state index contributed by atoms with van der Waals surface area (Å²) in [5.74, 6) is 3.08. The molecule has 2 saturated carbocycles. The highest BCUT2D eigenvalue weighted by Crippen LogP contribution is 2.48. The smallest absolute Gasteiger partial charge is 0.103 e. The Labute approximate surface area is 117 Å². The van der Waals surface area contributed by atoms with Gasteiger partial charge in [-0.3, -0.25) is 4.90 Å². The fourth-order valence-corrected chi connectivity index (χ4v) is 4.49. The van der Waals surface area contributed by atoms with E-state index in [1.54, 1.807) is 0 Å². The highest BCUT2D eigenvalue weighted by molar-refractivity contribution is 5.03. The molecule has 3 atom stereocenters. The second kappa shape index (κ2) is 5.07. The third-order valence-electron chi connectivity index (χ3n) is 5.81. The van der Waals surface area contributed by atoms with Crippen LogP contribution in [0.15, 0.2) is 0 Å². The van der Waals surface area contributed by atoms with Crippen LogP contribution in [0.3, 0.4) is 0 Å². The first-order valence-electron chi connectivity index (χ1n) is 7.97. The molecule has 3 nitrogen and oxygen atoms in total. The van der Waals surface area contributed by atoms with Crippen LogP contribution in [0.4, 0.5) is 0 Å². The van der Waals surface area contributed by atoms with Gasteiger partial charge in [-0.05, 0) is 50.9 Å². The summed E-state index contributed by atoms with van der Waals surface area (Å²) in [6, 6.07) is 2.43. The molecule has 0 amide bonds. The molecule has 3 rings (SSSR count). The minimum Gasteiger partial charge on any atom is -0.301 e. The predicted molar refractivity (Wildman–Crippen MR) is 76.6 cm³/mol. The van der Waals surface area contributed by atoms with E-state index in [-0.39, 0.29) is 5.54 Å². The Hall–Kier alpha value is -0.590. The Bertz CT molecular complexity index is 363. The lowest BCUT2D eigenvalue weighted by Gasteiger charge is -2.41. The molecule has 0 aromatic carbocycles. The molecular formula is C16H27N3. The number of hydrogen-bond donors (Lipinski definition) is 0. The molecule has 0 spiro atoms. The van der Waals surface area contributed by atoms with Gasteiger partial charge < -0.3 is 4.90 Å². The molecule has 3 fully saturated rings. The molecule has 0 aromatic heterocycles. The van der Waals surface area contributed by atoms with Crippen LogP contribution in [0.25, 0.3) is 0 Å². The summed E-state index contributed by atoms with van der Waals surface area (Å²) >= 11 is 0. The molecule has 3 heteroatoms. The van der Waals surface area contributed by atoms with Gasteiger partial charge in [-0.1, -0.05) is 6.42 Å². The van der Waals surface area contributed by atoms with Gasteiger partial charge in [0.25, 0.3) is 0 Å². The fraction of sp³-hybridized carbons (Fsp3) is 0.938. The Morgan fingerprint density at radius 2 is 1.84 bits per heavy atom. The van der Waals surface area contributed by atoms with Crippen molar-refractivity contribution in [2.75, 3.05) is 32.7 Å². The summed E-state index contributed by atoms with van der Waals surface area (Å²) in [5.41, 5.74) is -0.293. The van der Waals surface area contributed by atoms with Crippen LogP contribution in [0.1, 0.15) is 39.5 Å². The molecule has 106 valence electrons. The molecule has 0 N–H and O–H groups in total. The van der Waals surface area contributed by atoms with E-state index in [1.807, 2.05) is 13.8 Å². The molecule has 2 bridgehead atoms. The van der Waals surface area contributed by atoms with E-state index in [0.717, 1.165) is 43.9 Å². The summed E-state index contributed by atoms with van der Waals surface area (Å²) in [4.78, 5) is 4.99. The lowest BCUT2D eigenvalue weighted by atomic mass is 9.88. The minimum atomic E-state index is -0.293. The van der Waals surface area contributed by atoms with E-state index in [0.29, 0.717) is 0 Å². The van der Waals surface area contributed by atoms with Gasteiger partial charge in [-0.25, -0.2) is 0 Å². The maximum absolute atomic E-state index is 9.21. The molecule has 0 radical (unpaired) electrons. The number of nitriles is 1. The first kappa shape index (κ1) is 13.4. The number of piperazine rings is 1. The molecule has 1 saturated heterocycles. The zero-order chi connectivity index (χ0) is 13.5. The van der Waals surface area contributed by atoms with Gasteiger partial charge >= 0.3 is 0 Å². The second-order valence-electron chi connectivity index (χ2n) is 7.39. The first-order chi connectivity index (χ1) is 9.08. The Kier molecular flexibility index (Phi) is 3.57. The summed E-state index contributed by atoms with van der Waals surface area (Å²) < 4.78 is 0. The normalized spacial score (nSPS) is 36.6. The molecule has 2 aliphatic carbocycles. The number of fused-ring (bicyclic) bond motifs is 2. The van der Waals surface area contributed by atoms with Gasteiger partial charge in [0.2, 0.25) is 0 Å². The highest BCUT2D eigenvalue weighted by Gasteiger charge is 2.40. The van der Waals surface area contributed by atoms with Gasteiger partial charge in [0.15, 0.2) is 0 Å². The lowest BCUT2D eigenvalue weighted by Crippen LogP contribution is -2.54. The van der Waals surface area contributed by atoms with Gasteiger partial charge in [0, 0.05) is 32.7 Å². The SMILES string of the molecule is CC(C)(C#N)N1CCN(CC2CC3CCC2C3)CC1. The van der Waals surface area contributed by atoms with Crippen molar-refractivity contribution >= 4 is 0 Å². The van der Waals surface area contributed by atoms with Crippen molar-refractivity contribution in [1.82, 2.24) is 9.80 Å². The van der Waals surface area contributed by atoms with Crippen molar-refractivity contribution in [3.8, 4) is 6.07 Å². The molecule has 3 unspecified atom stereocenters. The fourth-order valence-electron chi connectivity index (χ4n) is 4.49. The summed E-state index contributed by atoms with van der Waals surface area (Å²) in [7, 11) is 0. The van der Waals surface area contributed by atoms with Crippen molar-refractivity contribution in [3.05, 3.63) is 0 Å². The van der Waals surface area contributed by atoms with Crippen LogP contribution < -0.4 is 0 Å². The molecule has 0 aromatic rings. The van der Waals surface area contributed by atoms with E-state index < -0.39 is 0 Å². The maximum atomic E-state index is 9.21. The number of nitrogens with zero attached hydrogens (tertiary/aromatic N) is 3. The van der Waals surface area contributed by atoms with Gasteiger partial charge in [-0.15, -0.1) is 0 Å². The molecular weight excluding hydrogens is 234 g/mol. The summed E-state index contributed by atoms with van der Waals surface area (Å²) in [6.45, 7) is 9.82. The van der Waals surface area contributed by atoms with Gasteiger partial charge in [-0.2, -0.15) is 5.26 Å². The zero-order valence-corrected chi connectivity index (χ0v) is 12.4. The second-order valence-corrected chi connectivity index (χ2v) is 7.39. The number of hydrogen-bond acceptors (Lipinski definition) is 3. The topological polar surface area (TPSA) is 30.3 Å². The Morgan fingerprint density at radius 3 is 2.37 bits per heavy atom. The average Bonchev–Trinajstić information content (AvgIpc) is 3.02. The Morgan fingerprint density at radius 1 is 1.11 bits per heavy atom. The lowest BCUT2D eigenvalue weighted by molar-refractivity contribution is 0.0653. The highest BCUT2D eigenvalue weighted by atomic mass is 15.3. The molecule has 1 aliphatic heterocycles. The number of rotatable bonds is 3. The third-order valence-corrected chi connectivity index (χ3v) is 5.81. The maximum Gasteiger partial charge on any atom is 0.103 e. The first-order valence-corrected chi connectivity index (χ1v) is 7.97. The predicted octanol–water partition coefficient (Wildman–Crippen LogP) is 2.34. The summed E-state index contributed by atoms with van der Waals surface area (Å²) in [5, 5.41) is 9.21. The monoisotopic (exact) mass is 261 g/mol. The quantitative estimate of drug-likeness (QED) is 0.781. The largest absolute Gasteiger partial charge is 0.301 e. The Balaban J connectivity index is 1.47. The van der Waals surface area contributed by atoms with Crippen molar-refractivity contribution in [1.29, 1.82) is 5.26 Å². The van der Waals surface area contributed by atoms with Crippen LogP contribution in [-0.2, 0) is 0 Å². The minimum absolute atomic E-state index is 0.293. The van der Waals surface area contributed by atoms with Gasteiger partial charge in [0.1, 0.15) is 5.54 Å². The molecule has 3 aliphatic rings. The van der Waals surface area contributed by atoms with Crippen LogP contribution in [0.5, 0.6) is 0 Å². The summed E-state index contributed by atoms with van der Waals surface area (Å²) in [6.07, 6.45) is 6.02. The van der Waals surface area contributed by atoms with E-state index in [9.17, 15) is 5.26 Å². The zero-order valence-electron chi connectivity index (χ0n) is 12.4. The van der Waals surface area contributed by atoms with Crippen LogP contribution >= 0.6 is 0 Å². The standard InChI is InChI=1S/C16H27N3/c1-16(2,12-17)19-7-5-18(6-8-19)11-15-10-13-3-4-14(15)9-13/h13-15H,3-11H2,1-2H3. The van der Waals surface area contributed by atoms with Crippen molar-refractivity contribution in [3.63, 3.8) is 0 Å². The van der Waals surface area contributed by atoms with Crippen LogP contribution in [0, 0.1) is 29.1 Å². The van der Waals surface area contributed by atoms with Crippen molar-refractivity contribution in [2.24, 2.45) is 17.8 Å². The van der Waals surface area contributed by atoms with E-state index in [4.69, 9.17) is 0 Å². The average molecular weight is 261 g/mol.